The van der Waals surface area contributed by atoms with E-state index >= 15 is 0 Å². The number of hydrogen-bond donors (Lipinski definition) is 0. The Bertz CT molecular complexity index is 955. The first-order chi connectivity index (χ1) is 15.1. The number of nitrogens with zero attached hydrogens (tertiary/aromatic N) is 3. The number of piperidine rings is 1. The van der Waals surface area contributed by atoms with Gasteiger partial charge in [0.1, 0.15) is 17.3 Å². The molecule has 1 unspecified atom stereocenters. The van der Waals surface area contributed by atoms with E-state index in [1.165, 1.54) is 18.6 Å². The first-order valence-corrected chi connectivity index (χ1v) is 10.7. The van der Waals surface area contributed by atoms with Gasteiger partial charge in [0, 0.05) is 18.1 Å². The molecule has 2 aliphatic heterocycles. The number of benzene rings is 2. The van der Waals surface area contributed by atoms with Crippen LogP contribution in [0.25, 0.3) is 0 Å². The van der Waals surface area contributed by atoms with Crippen LogP contribution < -0.4 is 9.47 Å². The third-order valence-electron chi connectivity index (χ3n) is 5.95. The SMILES string of the molecule is COc1ccc(C2=NN(C(=O)CN3CCCCC3)C(c3ccc(F)cc3)C2)c(OC)c1. The van der Waals surface area contributed by atoms with Crippen molar-refractivity contribution in [2.75, 3.05) is 33.9 Å². The van der Waals surface area contributed by atoms with Crippen molar-refractivity contribution in [3.63, 3.8) is 0 Å². The second kappa shape index (κ2) is 9.47. The van der Waals surface area contributed by atoms with Gasteiger partial charge < -0.3 is 9.47 Å². The predicted molar refractivity (Wildman–Crippen MR) is 117 cm³/mol. The lowest BCUT2D eigenvalue weighted by Gasteiger charge is -2.29. The van der Waals surface area contributed by atoms with E-state index in [1.807, 2.05) is 18.2 Å². The lowest BCUT2D eigenvalue weighted by atomic mass is 9.97. The first kappa shape index (κ1) is 21.3. The highest BCUT2D eigenvalue weighted by Gasteiger charge is 2.34. The molecule has 2 aliphatic rings. The van der Waals surface area contributed by atoms with Crippen molar-refractivity contribution < 1.29 is 18.7 Å². The van der Waals surface area contributed by atoms with Gasteiger partial charge in [0.05, 0.1) is 32.5 Å². The number of amides is 1. The minimum atomic E-state index is -0.300. The molecule has 0 aliphatic carbocycles. The summed E-state index contributed by atoms with van der Waals surface area (Å²) >= 11 is 0. The summed E-state index contributed by atoms with van der Waals surface area (Å²) in [6, 6.07) is 11.6. The van der Waals surface area contributed by atoms with Gasteiger partial charge in [-0.15, -0.1) is 0 Å². The molecule has 2 heterocycles. The molecule has 1 fully saturated rings. The summed E-state index contributed by atoms with van der Waals surface area (Å²) in [7, 11) is 3.21. The molecule has 0 bridgehead atoms. The highest BCUT2D eigenvalue weighted by molar-refractivity contribution is 6.05. The first-order valence-electron chi connectivity index (χ1n) is 10.7. The molecular formula is C24H28FN3O3. The third-order valence-corrected chi connectivity index (χ3v) is 5.95. The Kier molecular flexibility index (Phi) is 6.51. The number of methoxy groups -OCH3 is 2. The van der Waals surface area contributed by atoms with Gasteiger partial charge in [-0.3, -0.25) is 9.69 Å². The average Bonchev–Trinajstić information content (AvgIpc) is 3.25. The summed E-state index contributed by atoms with van der Waals surface area (Å²) in [5.41, 5.74) is 2.45. The summed E-state index contributed by atoms with van der Waals surface area (Å²) in [6.07, 6.45) is 3.98. The number of hydrazone groups is 1. The quantitative estimate of drug-likeness (QED) is 0.702. The Labute approximate surface area is 182 Å². The molecule has 2 aromatic carbocycles. The minimum absolute atomic E-state index is 0.0429. The van der Waals surface area contributed by atoms with Crippen molar-refractivity contribution in [2.45, 2.75) is 31.7 Å². The normalized spacial score (nSPS) is 19.3. The number of likely N-dealkylation sites (tertiary alicyclic amines) is 1. The van der Waals surface area contributed by atoms with Gasteiger partial charge in [-0.05, 0) is 55.8 Å². The fraction of sp³-hybridized carbons (Fsp3) is 0.417. The van der Waals surface area contributed by atoms with Crippen molar-refractivity contribution in [1.29, 1.82) is 0 Å². The molecular weight excluding hydrogens is 397 g/mol. The van der Waals surface area contributed by atoms with Gasteiger partial charge in [0.2, 0.25) is 0 Å². The Hall–Kier alpha value is -2.93. The maximum atomic E-state index is 13.5. The Morgan fingerprint density at radius 3 is 2.48 bits per heavy atom. The van der Waals surface area contributed by atoms with Crippen LogP contribution >= 0.6 is 0 Å². The lowest BCUT2D eigenvalue weighted by molar-refractivity contribution is -0.134. The Morgan fingerprint density at radius 2 is 1.81 bits per heavy atom. The molecule has 1 amide bonds. The Morgan fingerprint density at radius 1 is 1.06 bits per heavy atom. The topological polar surface area (TPSA) is 54.4 Å². The fourth-order valence-corrected chi connectivity index (χ4v) is 4.27. The van der Waals surface area contributed by atoms with E-state index in [9.17, 15) is 9.18 Å². The summed E-state index contributed by atoms with van der Waals surface area (Å²) in [5.74, 6) is 0.984. The third kappa shape index (κ3) is 4.71. The maximum absolute atomic E-state index is 13.5. The molecule has 0 saturated carbocycles. The summed E-state index contributed by atoms with van der Waals surface area (Å²) < 4.78 is 24.4. The van der Waals surface area contributed by atoms with Crippen LogP contribution in [0.4, 0.5) is 4.39 Å². The molecule has 164 valence electrons. The van der Waals surface area contributed by atoms with E-state index in [0.29, 0.717) is 24.5 Å². The number of carbonyl (C=O) groups is 1. The lowest BCUT2D eigenvalue weighted by Crippen LogP contribution is -2.40. The second-order valence-electron chi connectivity index (χ2n) is 7.96. The smallest absolute Gasteiger partial charge is 0.257 e. The summed E-state index contributed by atoms with van der Waals surface area (Å²) in [5, 5.41) is 6.30. The number of halogens is 1. The number of hydrogen-bond acceptors (Lipinski definition) is 5. The van der Waals surface area contributed by atoms with E-state index in [4.69, 9.17) is 14.6 Å². The molecule has 0 spiro atoms. The number of carbonyl (C=O) groups excluding carboxylic acids is 1. The predicted octanol–water partition coefficient (Wildman–Crippen LogP) is 4.01. The van der Waals surface area contributed by atoms with Crippen molar-refractivity contribution in [3.05, 3.63) is 59.4 Å². The van der Waals surface area contributed by atoms with Gasteiger partial charge in [0.15, 0.2) is 0 Å². The van der Waals surface area contributed by atoms with Crippen LogP contribution in [-0.2, 0) is 4.79 Å². The molecule has 31 heavy (non-hydrogen) atoms. The van der Waals surface area contributed by atoms with Crippen molar-refractivity contribution in [1.82, 2.24) is 9.91 Å². The molecule has 4 rings (SSSR count). The molecule has 0 radical (unpaired) electrons. The molecule has 7 heteroatoms. The largest absolute Gasteiger partial charge is 0.497 e. The van der Waals surface area contributed by atoms with Crippen LogP contribution in [0.15, 0.2) is 47.6 Å². The summed E-state index contributed by atoms with van der Waals surface area (Å²) in [6.45, 7) is 2.21. The van der Waals surface area contributed by atoms with E-state index in [1.54, 1.807) is 31.4 Å². The van der Waals surface area contributed by atoms with Gasteiger partial charge in [-0.1, -0.05) is 18.6 Å². The van der Waals surface area contributed by atoms with E-state index in [2.05, 4.69) is 4.90 Å². The second-order valence-corrected chi connectivity index (χ2v) is 7.96. The number of rotatable bonds is 6. The van der Waals surface area contributed by atoms with E-state index in [0.717, 1.165) is 42.8 Å². The molecule has 0 aromatic heterocycles. The minimum Gasteiger partial charge on any atom is -0.497 e. The fourth-order valence-electron chi connectivity index (χ4n) is 4.27. The van der Waals surface area contributed by atoms with E-state index < -0.39 is 0 Å². The Balaban J connectivity index is 1.64. The van der Waals surface area contributed by atoms with Crippen LogP contribution in [0.2, 0.25) is 0 Å². The zero-order valence-corrected chi connectivity index (χ0v) is 18.0. The highest BCUT2D eigenvalue weighted by atomic mass is 19.1. The zero-order valence-electron chi connectivity index (χ0n) is 18.0. The van der Waals surface area contributed by atoms with Crippen LogP contribution in [0.3, 0.4) is 0 Å². The van der Waals surface area contributed by atoms with Gasteiger partial charge in [-0.2, -0.15) is 5.10 Å². The average molecular weight is 426 g/mol. The van der Waals surface area contributed by atoms with Gasteiger partial charge in [0.25, 0.3) is 5.91 Å². The number of ether oxygens (including phenoxy) is 2. The van der Waals surface area contributed by atoms with Crippen molar-refractivity contribution >= 4 is 11.6 Å². The van der Waals surface area contributed by atoms with Gasteiger partial charge >= 0.3 is 0 Å². The van der Waals surface area contributed by atoms with Crippen LogP contribution in [0, 0.1) is 5.82 Å². The van der Waals surface area contributed by atoms with Gasteiger partial charge in [-0.25, -0.2) is 9.40 Å². The van der Waals surface area contributed by atoms with E-state index in [-0.39, 0.29) is 17.8 Å². The molecule has 1 atom stereocenters. The maximum Gasteiger partial charge on any atom is 0.257 e. The standard InChI is InChI=1S/C24H28FN3O3/c1-30-19-10-11-20(23(14-19)31-2)21-15-22(17-6-8-18(25)9-7-17)28(26-21)24(29)16-27-12-4-3-5-13-27/h6-11,14,22H,3-5,12-13,15-16H2,1-2H3. The zero-order chi connectivity index (χ0) is 21.8. The van der Waals surface area contributed by atoms with Crippen LogP contribution in [-0.4, -0.2) is 55.4 Å². The molecule has 6 nitrogen and oxygen atoms in total. The van der Waals surface area contributed by atoms with Crippen LogP contribution in [0.1, 0.15) is 42.9 Å². The molecule has 1 saturated heterocycles. The molecule has 0 N–H and O–H groups in total. The van der Waals surface area contributed by atoms with Crippen LogP contribution in [0.5, 0.6) is 11.5 Å². The summed E-state index contributed by atoms with van der Waals surface area (Å²) in [4.78, 5) is 15.4. The monoisotopic (exact) mass is 425 g/mol. The highest BCUT2D eigenvalue weighted by Crippen LogP contribution is 2.36. The van der Waals surface area contributed by atoms with Crippen molar-refractivity contribution in [3.8, 4) is 11.5 Å². The van der Waals surface area contributed by atoms with Crippen molar-refractivity contribution in [2.24, 2.45) is 5.10 Å². The molecule has 2 aromatic rings.